The zero-order valence-corrected chi connectivity index (χ0v) is 15.3. The van der Waals surface area contributed by atoms with Crippen molar-refractivity contribution in [1.29, 1.82) is 0 Å². The maximum atomic E-state index is 12.8. The van der Waals surface area contributed by atoms with Crippen LogP contribution < -0.4 is 4.90 Å². The molecule has 0 fully saturated rings. The number of aromatic nitrogens is 4. The number of aryl methyl sites for hydroxylation is 1. The first-order valence-corrected chi connectivity index (χ1v) is 8.72. The van der Waals surface area contributed by atoms with Crippen LogP contribution in [0.15, 0.2) is 36.9 Å². The molecule has 4 heterocycles. The van der Waals surface area contributed by atoms with E-state index in [2.05, 4.69) is 15.1 Å². The Morgan fingerprint density at radius 2 is 2.00 bits per heavy atom. The minimum absolute atomic E-state index is 0.133. The van der Waals surface area contributed by atoms with E-state index < -0.39 is 12.7 Å². The molecular formula is C19H16F3N5O2. The standard InChI is InChI=1S/C19H16F3N5O2/c1-11-2-15(13-3-12(9-28)4-23-5-13)25-16-8-27(18(29)17(11)16)14-6-24-26(7-14)10-19(20,21)22/h2-7,28H,8-10H2,1H3. The highest BCUT2D eigenvalue weighted by Crippen LogP contribution is 2.32. The fourth-order valence-corrected chi connectivity index (χ4v) is 3.33. The highest BCUT2D eigenvalue weighted by Gasteiger charge is 2.34. The number of rotatable bonds is 4. The summed E-state index contributed by atoms with van der Waals surface area (Å²) in [4.78, 5) is 22.8. The molecule has 150 valence electrons. The maximum absolute atomic E-state index is 12.8. The number of pyridine rings is 2. The molecule has 7 nitrogen and oxygen atoms in total. The molecule has 3 aromatic rings. The SMILES string of the molecule is Cc1cc(-c2cncc(CO)c2)nc2c1C(=O)N(c1cnn(CC(F)(F)F)c1)C2. The molecule has 0 unspecified atom stereocenters. The summed E-state index contributed by atoms with van der Waals surface area (Å²) in [5, 5.41) is 13.0. The molecular weight excluding hydrogens is 387 g/mol. The number of carbonyl (C=O) groups excluding carboxylic acids is 1. The molecule has 10 heteroatoms. The lowest BCUT2D eigenvalue weighted by atomic mass is 10.0. The number of alkyl halides is 3. The molecule has 0 radical (unpaired) electrons. The predicted molar refractivity (Wildman–Crippen MR) is 96.9 cm³/mol. The third-order valence-corrected chi connectivity index (χ3v) is 4.60. The number of hydrogen-bond acceptors (Lipinski definition) is 5. The van der Waals surface area contributed by atoms with Crippen LogP contribution in [0.2, 0.25) is 0 Å². The summed E-state index contributed by atoms with van der Waals surface area (Å²) >= 11 is 0. The third-order valence-electron chi connectivity index (χ3n) is 4.60. The molecule has 3 aromatic heterocycles. The van der Waals surface area contributed by atoms with Gasteiger partial charge in [0, 0.05) is 24.2 Å². The van der Waals surface area contributed by atoms with Crippen molar-refractivity contribution in [1.82, 2.24) is 19.7 Å². The van der Waals surface area contributed by atoms with Crippen LogP contribution in [0.25, 0.3) is 11.3 Å². The molecule has 0 spiro atoms. The van der Waals surface area contributed by atoms with Crippen molar-refractivity contribution >= 4 is 11.6 Å². The predicted octanol–water partition coefficient (Wildman–Crippen LogP) is 2.86. The van der Waals surface area contributed by atoms with Gasteiger partial charge in [-0.15, -0.1) is 0 Å². The van der Waals surface area contributed by atoms with E-state index >= 15 is 0 Å². The summed E-state index contributed by atoms with van der Waals surface area (Å²) in [5.41, 5.74) is 3.89. The highest BCUT2D eigenvalue weighted by molar-refractivity contribution is 6.10. The number of anilines is 1. The van der Waals surface area contributed by atoms with Crippen molar-refractivity contribution < 1.29 is 23.1 Å². The summed E-state index contributed by atoms with van der Waals surface area (Å²) in [7, 11) is 0. The van der Waals surface area contributed by atoms with Crippen molar-refractivity contribution in [2.45, 2.75) is 32.8 Å². The van der Waals surface area contributed by atoms with E-state index in [0.29, 0.717) is 33.6 Å². The van der Waals surface area contributed by atoms with Gasteiger partial charge in [0.15, 0.2) is 0 Å². The van der Waals surface area contributed by atoms with Gasteiger partial charge >= 0.3 is 6.18 Å². The fourth-order valence-electron chi connectivity index (χ4n) is 3.33. The number of aliphatic hydroxyl groups is 1. The first kappa shape index (κ1) is 19.1. The van der Waals surface area contributed by atoms with Gasteiger partial charge in [-0.2, -0.15) is 18.3 Å². The number of hydrogen-bond donors (Lipinski definition) is 1. The molecule has 4 rings (SSSR count). The molecule has 29 heavy (non-hydrogen) atoms. The lowest BCUT2D eigenvalue weighted by molar-refractivity contribution is -0.142. The van der Waals surface area contributed by atoms with E-state index in [4.69, 9.17) is 0 Å². The van der Waals surface area contributed by atoms with Gasteiger partial charge in [-0.1, -0.05) is 0 Å². The topological polar surface area (TPSA) is 84.1 Å². The number of fused-ring (bicyclic) bond motifs is 1. The molecule has 0 aliphatic carbocycles. The van der Waals surface area contributed by atoms with Crippen LogP contribution in [0.5, 0.6) is 0 Å². The van der Waals surface area contributed by atoms with Crippen LogP contribution in [0.3, 0.4) is 0 Å². The Morgan fingerprint density at radius 1 is 1.21 bits per heavy atom. The van der Waals surface area contributed by atoms with Crippen molar-refractivity contribution in [3.05, 3.63) is 59.3 Å². The Kier molecular flexibility index (Phi) is 4.58. The molecule has 0 saturated heterocycles. The van der Waals surface area contributed by atoms with Crippen molar-refractivity contribution in [2.75, 3.05) is 4.90 Å². The lowest BCUT2D eigenvalue weighted by Crippen LogP contribution is -2.23. The Bertz CT molecular complexity index is 1090. The Labute approximate surface area is 163 Å². The summed E-state index contributed by atoms with van der Waals surface area (Å²) in [6.07, 6.45) is 1.20. The van der Waals surface area contributed by atoms with E-state index in [0.717, 1.165) is 4.68 Å². The maximum Gasteiger partial charge on any atom is 0.408 e. The molecule has 0 atom stereocenters. The smallest absolute Gasteiger partial charge is 0.392 e. The minimum Gasteiger partial charge on any atom is -0.392 e. The molecule has 0 saturated carbocycles. The van der Waals surface area contributed by atoms with Crippen LogP contribution in [-0.4, -0.2) is 36.9 Å². The zero-order valence-electron chi connectivity index (χ0n) is 15.3. The summed E-state index contributed by atoms with van der Waals surface area (Å²) in [6, 6.07) is 3.52. The Balaban J connectivity index is 1.65. The first-order valence-electron chi connectivity index (χ1n) is 8.72. The molecule has 1 N–H and O–H groups in total. The van der Waals surface area contributed by atoms with Gasteiger partial charge in [0.25, 0.3) is 5.91 Å². The average Bonchev–Trinajstić information content (AvgIpc) is 3.24. The summed E-state index contributed by atoms with van der Waals surface area (Å²) < 4.78 is 38.4. The van der Waals surface area contributed by atoms with Crippen LogP contribution in [-0.2, 0) is 19.7 Å². The third kappa shape index (κ3) is 3.70. The second-order valence-electron chi connectivity index (χ2n) is 6.79. The van der Waals surface area contributed by atoms with E-state index in [1.165, 1.54) is 17.3 Å². The first-order chi connectivity index (χ1) is 13.7. The van der Waals surface area contributed by atoms with Crippen LogP contribution in [0.4, 0.5) is 18.9 Å². The second kappa shape index (κ2) is 6.96. The van der Waals surface area contributed by atoms with Crippen molar-refractivity contribution in [3.8, 4) is 11.3 Å². The molecule has 1 amide bonds. The van der Waals surface area contributed by atoms with Gasteiger partial charge in [-0.25, -0.2) is 0 Å². The van der Waals surface area contributed by atoms with E-state index in [1.807, 2.05) is 0 Å². The molecule has 0 bridgehead atoms. The van der Waals surface area contributed by atoms with Crippen molar-refractivity contribution in [3.63, 3.8) is 0 Å². The van der Waals surface area contributed by atoms with Gasteiger partial charge in [0.05, 0.1) is 42.0 Å². The normalized spacial score (nSPS) is 13.8. The van der Waals surface area contributed by atoms with Gasteiger partial charge < -0.3 is 5.11 Å². The molecule has 1 aliphatic rings. The second-order valence-corrected chi connectivity index (χ2v) is 6.79. The summed E-state index contributed by atoms with van der Waals surface area (Å²) in [6.45, 7) is 0.534. The average molecular weight is 403 g/mol. The van der Waals surface area contributed by atoms with Gasteiger partial charge in [-0.05, 0) is 30.2 Å². The number of halogens is 3. The molecule has 0 aromatic carbocycles. The van der Waals surface area contributed by atoms with E-state index in [-0.39, 0.29) is 24.7 Å². The van der Waals surface area contributed by atoms with E-state index in [9.17, 15) is 23.1 Å². The van der Waals surface area contributed by atoms with Gasteiger partial charge in [0.2, 0.25) is 0 Å². The van der Waals surface area contributed by atoms with Gasteiger partial charge in [0.1, 0.15) is 6.54 Å². The minimum atomic E-state index is -4.40. The van der Waals surface area contributed by atoms with Crippen molar-refractivity contribution in [2.24, 2.45) is 0 Å². The lowest BCUT2D eigenvalue weighted by Gasteiger charge is -2.12. The Morgan fingerprint density at radius 3 is 2.72 bits per heavy atom. The van der Waals surface area contributed by atoms with Crippen LogP contribution in [0.1, 0.15) is 27.2 Å². The monoisotopic (exact) mass is 403 g/mol. The van der Waals surface area contributed by atoms with Crippen LogP contribution in [0, 0.1) is 6.92 Å². The highest BCUT2D eigenvalue weighted by atomic mass is 19.4. The number of carbonyl (C=O) groups is 1. The number of aliphatic hydroxyl groups excluding tert-OH is 1. The van der Waals surface area contributed by atoms with E-state index in [1.54, 1.807) is 31.5 Å². The van der Waals surface area contributed by atoms with Crippen LogP contribution >= 0.6 is 0 Å². The Hall–Kier alpha value is -3.27. The fraction of sp³-hybridized carbons (Fsp3) is 0.263. The zero-order chi connectivity index (χ0) is 20.8. The summed E-state index contributed by atoms with van der Waals surface area (Å²) in [5.74, 6) is -0.328. The molecule has 1 aliphatic heterocycles. The largest absolute Gasteiger partial charge is 0.408 e. The quantitative estimate of drug-likeness (QED) is 0.724. The number of nitrogens with zero attached hydrogens (tertiary/aromatic N) is 5. The van der Waals surface area contributed by atoms with Gasteiger partial charge in [-0.3, -0.25) is 24.3 Å². The number of amides is 1.